The summed E-state index contributed by atoms with van der Waals surface area (Å²) in [5, 5.41) is 9.11. The first-order valence-corrected chi connectivity index (χ1v) is 5.25. The molecule has 0 spiro atoms. The summed E-state index contributed by atoms with van der Waals surface area (Å²) in [7, 11) is 0. The first-order valence-electron chi connectivity index (χ1n) is 5.25. The molecule has 4 N–H and O–H groups in total. The number of nitrogens with one attached hydrogen (secondary N) is 2. The number of nitrogens with two attached hydrogens (primary N) is 1. The summed E-state index contributed by atoms with van der Waals surface area (Å²) in [5.74, 6) is 1.54. The summed E-state index contributed by atoms with van der Waals surface area (Å²) in [4.78, 5) is 11.6. The van der Waals surface area contributed by atoms with Crippen LogP contribution in [0, 0.1) is 11.8 Å². The van der Waals surface area contributed by atoms with Gasteiger partial charge in [-0.15, -0.1) is 0 Å². The maximum absolute atomic E-state index is 11.6. The minimum Gasteiger partial charge on any atom is -0.383 e. The number of nitrogens with zero attached hydrogens (tertiary/aromatic N) is 1. The zero-order valence-electron chi connectivity index (χ0n) is 8.79. The molecule has 82 valence electrons. The highest BCUT2D eigenvalue weighted by Gasteiger charge is 2.28. The van der Waals surface area contributed by atoms with Crippen molar-refractivity contribution in [1.29, 1.82) is 0 Å². The third-order valence-corrected chi connectivity index (χ3v) is 2.92. The van der Waals surface area contributed by atoms with Crippen molar-refractivity contribution in [2.75, 3.05) is 12.3 Å². The lowest BCUT2D eigenvalue weighted by molar-refractivity contribution is 0.0947. The van der Waals surface area contributed by atoms with E-state index in [1.54, 1.807) is 0 Å². The maximum Gasteiger partial charge on any atom is 0.256 e. The average molecular weight is 208 g/mol. The smallest absolute Gasteiger partial charge is 0.256 e. The number of rotatable bonds is 4. The van der Waals surface area contributed by atoms with Crippen molar-refractivity contribution in [2.45, 2.75) is 19.8 Å². The Morgan fingerprint density at radius 2 is 2.53 bits per heavy atom. The van der Waals surface area contributed by atoms with Gasteiger partial charge in [0.1, 0.15) is 11.4 Å². The van der Waals surface area contributed by atoms with E-state index < -0.39 is 0 Å². The number of aromatic nitrogens is 2. The van der Waals surface area contributed by atoms with Gasteiger partial charge in [0.05, 0.1) is 6.20 Å². The Hall–Kier alpha value is -1.52. The van der Waals surface area contributed by atoms with E-state index in [0.29, 0.717) is 23.8 Å². The van der Waals surface area contributed by atoms with Crippen molar-refractivity contribution >= 4 is 11.7 Å². The van der Waals surface area contributed by atoms with Gasteiger partial charge in [-0.1, -0.05) is 6.92 Å². The van der Waals surface area contributed by atoms with E-state index in [2.05, 4.69) is 22.4 Å². The normalized spacial score (nSPS) is 17.4. The highest BCUT2D eigenvalue weighted by molar-refractivity contribution is 5.98. The topological polar surface area (TPSA) is 83.8 Å². The van der Waals surface area contributed by atoms with Crippen LogP contribution in [0.4, 0.5) is 5.82 Å². The lowest BCUT2D eigenvalue weighted by atomic mass is 10.1. The van der Waals surface area contributed by atoms with E-state index >= 15 is 0 Å². The van der Waals surface area contributed by atoms with Gasteiger partial charge < -0.3 is 11.1 Å². The SMILES string of the molecule is CC(CNC(=O)c1cn[nH]c1N)C1CC1. The van der Waals surface area contributed by atoms with E-state index in [1.807, 2.05) is 0 Å². The molecule has 0 radical (unpaired) electrons. The van der Waals surface area contributed by atoms with Crippen LogP contribution in [0.3, 0.4) is 0 Å². The largest absolute Gasteiger partial charge is 0.383 e. The van der Waals surface area contributed by atoms with Crippen LogP contribution in [-0.2, 0) is 0 Å². The lowest BCUT2D eigenvalue weighted by Gasteiger charge is -2.10. The third kappa shape index (κ3) is 2.29. The molecule has 1 aliphatic carbocycles. The molecular weight excluding hydrogens is 192 g/mol. The Bertz CT molecular complexity index is 356. The number of carbonyl (C=O) groups is 1. The summed E-state index contributed by atoms with van der Waals surface area (Å²) in [6, 6.07) is 0. The van der Waals surface area contributed by atoms with Crippen LogP contribution < -0.4 is 11.1 Å². The van der Waals surface area contributed by atoms with Crippen molar-refractivity contribution in [3.63, 3.8) is 0 Å². The summed E-state index contributed by atoms with van der Waals surface area (Å²) < 4.78 is 0. The molecule has 15 heavy (non-hydrogen) atoms. The lowest BCUT2D eigenvalue weighted by Crippen LogP contribution is -2.29. The van der Waals surface area contributed by atoms with Crippen LogP contribution >= 0.6 is 0 Å². The number of H-pyrrole nitrogens is 1. The third-order valence-electron chi connectivity index (χ3n) is 2.92. The van der Waals surface area contributed by atoms with Crippen LogP contribution in [-0.4, -0.2) is 22.6 Å². The number of amides is 1. The molecule has 1 fully saturated rings. The zero-order chi connectivity index (χ0) is 10.8. The van der Waals surface area contributed by atoms with E-state index in [9.17, 15) is 4.79 Å². The molecular formula is C10H16N4O. The molecule has 1 aromatic rings. The molecule has 1 saturated carbocycles. The van der Waals surface area contributed by atoms with Crippen molar-refractivity contribution in [3.05, 3.63) is 11.8 Å². The fraction of sp³-hybridized carbons (Fsp3) is 0.600. The van der Waals surface area contributed by atoms with E-state index in [0.717, 1.165) is 5.92 Å². The van der Waals surface area contributed by atoms with Gasteiger partial charge in [0.25, 0.3) is 5.91 Å². The molecule has 2 rings (SSSR count). The number of aromatic amines is 1. The fourth-order valence-electron chi connectivity index (χ4n) is 1.66. The van der Waals surface area contributed by atoms with Crippen LogP contribution in [0.15, 0.2) is 6.20 Å². The van der Waals surface area contributed by atoms with Crippen LogP contribution in [0.5, 0.6) is 0 Å². The van der Waals surface area contributed by atoms with Gasteiger partial charge in [0.2, 0.25) is 0 Å². The Morgan fingerprint density at radius 1 is 1.80 bits per heavy atom. The Morgan fingerprint density at radius 3 is 3.07 bits per heavy atom. The molecule has 1 amide bonds. The van der Waals surface area contributed by atoms with Crippen molar-refractivity contribution in [1.82, 2.24) is 15.5 Å². The first kappa shape index (κ1) is 10.0. The maximum atomic E-state index is 11.6. The minimum absolute atomic E-state index is 0.145. The molecule has 0 saturated heterocycles. The number of nitrogen functional groups attached to an aromatic ring is 1. The summed E-state index contributed by atoms with van der Waals surface area (Å²) in [6.45, 7) is 2.88. The standard InChI is InChI=1S/C10H16N4O/c1-6(7-2-3-7)4-12-10(15)8-5-13-14-9(8)11/h5-7H,2-4H2,1H3,(H,12,15)(H3,11,13,14). The minimum atomic E-state index is -0.145. The molecule has 0 bridgehead atoms. The van der Waals surface area contributed by atoms with Gasteiger partial charge in [0, 0.05) is 6.54 Å². The quantitative estimate of drug-likeness (QED) is 0.683. The zero-order valence-corrected chi connectivity index (χ0v) is 8.79. The molecule has 5 heteroatoms. The molecule has 1 aromatic heterocycles. The summed E-state index contributed by atoms with van der Waals surface area (Å²) >= 11 is 0. The molecule has 0 aliphatic heterocycles. The van der Waals surface area contributed by atoms with E-state index in [4.69, 9.17) is 5.73 Å². The highest BCUT2D eigenvalue weighted by atomic mass is 16.1. The molecule has 1 aliphatic rings. The van der Waals surface area contributed by atoms with Crippen LogP contribution in [0.1, 0.15) is 30.1 Å². The summed E-state index contributed by atoms with van der Waals surface area (Å²) in [6.07, 6.45) is 4.04. The molecule has 1 atom stereocenters. The van der Waals surface area contributed by atoms with E-state index in [1.165, 1.54) is 19.0 Å². The monoisotopic (exact) mass is 208 g/mol. The Balaban J connectivity index is 1.84. The van der Waals surface area contributed by atoms with Gasteiger partial charge in [-0.25, -0.2) is 0 Å². The second-order valence-electron chi connectivity index (χ2n) is 4.22. The van der Waals surface area contributed by atoms with Gasteiger partial charge in [-0.05, 0) is 24.7 Å². The fourth-order valence-corrected chi connectivity index (χ4v) is 1.66. The molecule has 0 aromatic carbocycles. The second kappa shape index (κ2) is 3.92. The first-order chi connectivity index (χ1) is 7.18. The second-order valence-corrected chi connectivity index (χ2v) is 4.22. The number of anilines is 1. The van der Waals surface area contributed by atoms with Crippen LogP contribution in [0.2, 0.25) is 0 Å². The molecule has 1 heterocycles. The predicted molar refractivity (Wildman–Crippen MR) is 57.2 cm³/mol. The van der Waals surface area contributed by atoms with Gasteiger partial charge >= 0.3 is 0 Å². The van der Waals surface area contributed by atoms with Crippen molar-refractivity contribution in [3.8, 4) is 0 Å². The van der Waals surface area contributed by atoms with Gasteiger partial charge in [0.15, 0.2) is 0 Å². The predicted octanol–water partition coefficient (Wildman–Crippen LogP) is 0.768. The van der Waals surface area contributed by atoms with Crippen molar-refractivity contribution < 1.29 is 4.79 Å². The number of hydrogen-bond donors (Lipinski definition) is 3. The van der Waals surface area contributed by atoms with Crippen molar-refractivity contribution in [2.24, 2.45) is 11.8 Å². The number of hydrogen-bond acceptors (Lipinski definition) is 3. The molecule has 5 nitrogen and oxygen atoms in total. The Kier molecular flexibility index (Phi) is 2.62. The average Bonchev–Trinajstić information content (AvgIpc) is 2.98. The van der Waals surface area contributed by atoms with Gasteiger partial charge in [-0.2, -0.15) is 5.10 Å². The highest BCUT2D eigenvalue weighted by Crippen LogP contribution is 2.36. The Labute approximate surface area is 88.4 Å². The molecule has 1 unspecified atom stereocenters. The van der Waals surface area contributed by atoms with Gasteiger partial charge in [-0.3, -0.25) is 9.89 Å². The van der Waals surface area contributed by atoms with E-state index in [-0.39, 0.29) is 5.91 Å². The van der Waals surface area contributed by atoms with Crippen LogP contribution in [0.25, 0.3) is 0 Å². The summed E-state index contributed by atoms with van der Waals surface area (Å²) in [5.41, 5.74) is 5.97. The number of carbonyl (C=O) groups excluding carboxylic acids is 1.